The van der Waals surface area contributed by atoms with E-state index in [9.17, 15) is 9.59 Å². The standard InChI is InChI=1S/C34H41N7O4/c1-34(2,3)45-33(43)41-13-11-25(12-14-41)44-29-21-23(19-27-30(29)31(35)38-37-27)22-9-10-26(32(36)42)28(20-22)40-17-15-39(16-18-40)24-7-5-4-6-8-24/h4-10,19-21,25H,11-18H2,1-3H3,(H2,36,42)(H3,35,37,38). The van der Waals surface area contributed by atoms with Gasteiger partial charge in [-0.25, -0.2) is 4.79 Å². The van der Waals surface area contributed by atoms with Crippen molar-refractivity contribution in [2.75, 3.05) is 54.8 Å². The van der Waals surface area contributed by atoms with E-state index in [4.69, 9.17) is 20.9 Å². The maximum absolute atomic E-state index is 12.6. The summed E-state index contributed by atoms with van der Waals surface area (Å²) in [6, 6.07) is 20.1. The number of carbonyl (C=O) groups is 2. The lowest BCUT2D eigenvalue weighted by Crippen LogP contribution is -2.47. The van der Waals surface area contributed by atoms with Gasteiger partial charge in [-0.15, -0.1) is 0 Å². The number of fused-ring (bicyclic) bond motifs is 1. The van der Waals surface area contributed by atoms with E-state index in [1.807, 2.05) is 63.2 Å². The summed E-state index contributed by atoms with van der Waals surface area (Å²) in [6.07, 6.45) is 0.913. The Morgan fingerprint density at radius 2 is 1.58 bits per heavy atom. The van der Waals surface area contributed by atoms with E-state index in [0.717, 1.165) is 53.9 Å². The summed E-state index contributed by atoms with van der Waals surface area (Å²) in [5, 5.41) is 8.00. The normalized spacial score (nSPS) is 16.2. The van der Waals surface area contributed by atoms with Crippen LogP contribution in [0.3, 0.4) is 0 Å². The monoisotopic (exact) mass is 611 g/mol. The molecule has 2 amide bonds. The van der Waals surface area contributed by atoms with Crippen LogP contribution >= 0.6 is 0 Å². The SMILES string of the molecule is CC(C)(C)OC(=O)N1CCC(Oc2cc(-c3ccc(C(N)=O)c(N4CCN(c5ccccc5)CC4)c3)cc3[nH]nc(N)c23)CC1. The zero-order valence-electron chi connectivity index (χ0n) is 26.1. The van der Waals surface area contributed by atoms with Gasteiger partial charge in [0.1, 0.15) is 17.5 Å². The van der Waals surface area contributed by atoms with Gasteiger partial charge in [-0.05, 0) is 68.3 Å². The van der Waals surface area contributed by atoms with Gasteiger partial charge >= 0.3 is 6.09 Å². The Hall–Kier alpha value is -4.93. The van der Waals surface area contributed by atoms with Crippen LogP contribution in [0.1, 0.15) is 44.0 Å². The number of piperazine rings is 1. The van der Waals surface area contributed by atoms with Gasteiger partial charge in [0, 0.05) is 57.8 Å². The molecular weight excluding hydrogens is 570 g/mol. The van der Waals surface area contributed by atoms with Crippen molar-refractivity contribution in [2.24, 2.45) is 5.73 Å². The molecule has 2 fully saturated rings. The summed E-state index contributed by atoms with van der Waals surface area (Å²) >= 11 is 0. The minimum Gasteiger partial charge on any atom is -0.489 e. The third-order valence-corrected chi connectivity index (χ3v) is 8.38. The molecule has 0 spiro atoms. The maximum Gasteiger partial charge on any atom is 0.410 e. The van der Waals surface area contributed by atoms with Crippen LogP contribution in [0.25, 0.3) is 22.0 Å². The highest BCUT2D eigenvalue weighted by atomic mass is 16.6. The Balaban J connectivity index is 1.24. The number of hydrogen-bond donors (Lipinski definition) is 3. The molecule has 0 aliphatic carbocycles. The maximum atomic E-state index is 12.6. The molecule has 11 heteroatoms. The summed E-state index contributed by atoms with van der Waals surface area (Å²) in [4.78, 5) is 31.3. The summed E-state index contributed by atoms with van der Waals surface area (Å²) in [5.41, 5.74) is 16.6. The number of likely N-dealkylation sites (tertiary alicyclic amines) is 1. The molecule has 2 aliphatic heterocycles. The lowest BCUT2D eigenvalue weighted by molar-refractivity contribution is 0.0128. The molecule has 2 saturated heterocycles. The van der Waals surface area contributed by atoms with Crippen LogP contribution in [-0.2, 0) is 4.74 Å². The van der Waals surface area contributed by atoms with Gasteiger partial charge in [0.05, 0.1) is 22.2 Å². The molecule has 3 aromatic carbocycles. The molecule has 4 aromatic rings. The fourth-order valence-corrected chi connectivity index (χ4v) is 6.09. The van der Waals surface area contributed by atoms with Gasteiger partial charge in [-0.1, -0.05) is 24.3 Å². The summed E-state index contributed by atoms with van der Waals surface area (Å²) in [6.45, 7) is 9.85. The fraction of sp³-hybridized carbons (Fsp3) is 0.382. The first kappa shape index (κ1) is 30.1. The molecule has 1 aromatic heterocycles. The zero-order chi connectivity index (χ0) is 31.7. The Labute approximate surface area is 263 Å². The smallest absolute Gasteiger partial charge is 0.410 e. The van der Waals surface area contributed by atoms with E-state index in [-0.39, 0.29) is 12.2 Å². The molecule has 0 bridgehead atoms. The number of rotatable bonds is 6. The molecule has 3 heterocycles. The average Bonchev–Trinajstić information content (AvgIpc) is 3.41. The van der Waals surface area contributed by atoms with Crippen LogP contribution in [0.5, 0.6) is 5.75 Å². The highest BCUT2D eigenvalue weighted by Crippen LogP contribution is 2.38. The number of aromatic amines is 1. The number of primary amides is 1. The number of piperidine rings is 1. The van der Waals surface area contributed by atoms with Crippen molar-refractivity contribution in [3.8, 4) is 16.9 Å². The van der Waals surface area contributed by atoms with E-state index in [0.29, 0.717) is 43.1 Å². The van der Waals surface area contributed by atoms with Crippen LogP contribution in [0, 0.1) is 0 Å². The first-order valence-corrected chi connectivity index (χ1v) is 15.5. The Morgan fingerprint density at radius 1 is 0.889 bits per heavy atom. The number of amides is 2. The van der Waals surface area contributed by atoms with E-state index in [1.165, 1.54) is 5.69 Å². The van der Waals surface area contributed by atoms with Crippen LogP contribution in [0.15, 0.2) is 60.7 Å². The molecule has 45 heavy (non-hydrogen) atoms. The number of nitrogen functional groups attached to an aromatic ring is 1. The third-order valence-electron chi connectivity index (χ3n) is 8.38. The molecule has 5 N–H and O–H groups in total. The fourth-order valence-electron chi connectivity index (χ4n) is 6.09. The van der Waals surface area contributed by atoms with E-state index < -0.39 is 11.5 Å². The van der Waals surface area contributed by atoms with Gasteiger partial charge in [-0.3, -0.25) is 9.89 Å². The Bertz CT molecular complexity index is 1680. The number of ether oxygens (including phenoxy) is 2. The predicted molar refractivity (Wildman–Crippen MR) is 177 cm³/mol. The van der Waals surface area contributed by atoms with Crippen LogP contribution in [0.2, 0.25) is 0 Å². The largest absolute Gasteiger partial charge is 0.489 e. The molecule has 0 unspecified atom stereocenters. The highest BCUT2D eigenvalue weighted by molar-refractivity contribution is 6.01. The summed E-state index contributed by atoms with van der Waals surface area (Å²) < 4.78 is 12.1. The van der Waals surface area contributed by atoms with Crippen molar-refractivity contribution in [1.82, 2.24) is 15.1 Å². The number of nitrogens with two attached hydrogens (primary N) is 2. The van der Waals surface area contributed by atoms with E-state index in [2.05, 4.69) is 32.1 Å². The van der Waals surface area contributed by atoms with Crippen LogP contribution in [0.4, 0.5) is 22.0 Å². The molecule has 236 valence electrons. The minimum atomic E-state index is -0.540. The van der Waals surface area contributed by atoms with Crippen molar-refractivity contribution in [1.29, 1.82) is 0 Å². The second kappa shape index (κ2) is 12.2. The van der Waals surface area contributed by atoms with Crippen LogP contribution in [-0.4, -0.2) is 78.1 Å². The topological polar surface area (TPSA) is 143 Å². The molecule has 2 aliphatic rings. The number of aromatic nitrogens is 2. The number of nitrogens with zero attached hydrogens (tertiary/aromatic N) is 4. The number of anilines is 3. The second-order valence-electron chi connectivity index (χ2n) is 12.7. The average molecular weight is 612 g/mol. The number of nitrogens with one attached hydrogen (secondary N) is 1. The third kappa shape index (κ3) is 6.62. The lowest BCUT2D eigenvalue weighted by atomic mass is 9.99. The number of para-hydroxylation sites is 1. The molecule has 0 radical (unpaired) electrons. The molecule has 6 rings (SSSR count). The first-order valence-electron chi connectivity index (χ1n) is 15.5. The Morgan fingerprint density at radius 3 is 2.24 bits per heavy atom. The van der Waals surface area contributed by atoms with Crippen molar-refractivity contribution in [2.45, 2.75) is 45.3 Å². The highest BCUT2D eigenvalue weighted by Gasteiger charge is 2.29. The Kier molecular flexibility index (Phi) is 8.18. The minimum absolute atomic E-state index is 0.106. The zero-order valence-corrected chi connectivity index (χ0v) is 26.1. The number of carbonyl (C=O) groups excluding carboxylic acids is 2. The number of benzene rings is 3. The second-order valence-corrected chi connectivity index (χ2v) is 12.7. The van der Waals surface area contributed by atoms with Gasteiger partial charge < -0.3 is 35.6 Å². The van der Waals surface area contributed by atoms with E-state index in [1.54, 1.807) is 11.0 Å². The lowest BCUT2D eigenvalue weighted by Gasteiger charge is -2.38. The van der Waals surface area contributed by atoms with Crippen LogP contribution < -0.4 is 26.0 Å². The van der Waals surface area contributed by atoms with Gasteiger partial charge in [0.15, 0.2) is 5.82 Å². The first-order chi connectivity index (χ1) is 21.6. The van der Waals surface area contributed by atoms with Crippen molar-refractivity contribution in [3.05, 3.63) is 66.2 Å². The summed E-state index contributed by atoms with van der Waals surface area (Å²) in [7, 11) is 0. The van der Waals surface area contributed by atoms with Gasteiger partial charge in [0.2, 0.25) is 0 Å². The molecule has 0 atom stereocenters. The van der Waals surface area contributed by atoms with E-state index >= 15 is 0 Å². The number of hydrogen-bond acceptors (Lipinski definition) is 8. The van der Waals surface area contributed by atoms with Gasteiger partial charge in [0.25, 0.3) is 5.91 Å². The molecule has 0 saturated carbocycles. The van der Waals surface area contributed by atoms with Gasteiger partial charge in [-0.2, -0.15) is 5.10 Å². The molecule has 11 nitrogen and oxygen atoms in total. The van der Waals surface area contributed by atoms with Crippen molar-refractivity contribution >= 4 is 40.1 Å². The summed E-state index contributed by atoms with van der Waals surface area (Å²) in [5.74, 6) is 0.529. The number of H-pyrrole nitrogens is 1. The van der Waals surface area contributed by atoms with Crippen molar-refractivity contribution in [3.63, 3.8) is 0 Å². The molecular formula is C34H41N7O4. The quantitative estimate of drug-likeness (QED) is 0.276. The van der Waals surface area contributed by atoms with Crippen molar-refractivity contribution < 1.29 is 19.1 Å². The predicted octanol–water partition coefficient (Wildman–Crippen LogP) is 5.02.